The van der Waals surface area contributed by atoms with Crippen molar-refractivity contribution in [2.75, 3.05) is 0 Å². The summed E-state index contributed by atoms with van der Waals surface area (Å²) in [5.74, 6) is -0.997. The van der Waals surface area contributed by atoms with Crippen molar-refractivity contribution in [3.8, 4) is 11.3 Å². The van der Waals surface area contributed by atoms with E-state index in [4.69, 9.17) is 9.52 Å². The number of carboxylic acid groups (broad SMARTS) is 1. The number of fused-ring (bicyclic) bond motifs is 1. The van der Waals surface area contributed by atoms with E-state index in [0.717, 1.165) is 16.5 Å². The molecule has 0 unspecified atom stereocenters. The van der Waals surface area contributed by atoms with E-state index in [2.05, 4.69) is 5.10 Å². The van der Waals surface area contributed by atoms with Gasteiger partial charge in [-0.1, -0.05) is 18.2 Å². The maximum absolute atomic E-state index is 11.2. The van der Waals surface area contributed by atoms with Crippen molar-refractivity contribution in [3.63, 3.8) is 0 Å². The molecule has 90 valence electrons. The number of aromatic carboxylic acids is 1. The van der Waals surface area contributed by atoms with E-state index < -0.39 is 5.97 Å². The summed E-state index contributed by atoms with van der Waals surface area (Å²) < 4.78 is 6.97. The Bertz CT molecular complexity index is 740. The van der Waals surface area contributed by atoms with Gasteiger partial charge in [0.1, 0.15) is 17.4 Å². The van der Waals surface area contributed by atoms with Crippen molar-refractivity contribution >= 4 is 16.9 Å². The van der Waals surface area contributed by atoms with Gasteiger partial charge in [-0.2, -0.15) is 5.10 Å². The van der Waals surface area contributed by atoms with Gasteiger partial charge in [0, 0.05) is 18.0 Å². The number of rotatable bonds is 2. The lowest BCUT2D eigenvalue weighted by atomic mass is 10.1. The zero-order chi connectivity index (χ0) is 12.7. The summed E-state index contributed by atoms with van der Waals surface area (Å²) >= 11 is 0. The van der Waals surface area contributed by atoms with E-state index in [1.165, 1.54) is 6.20 Å². The van der Waals surface area contributed by atoms with Gasteiger partial charge < -0.3 is 9.52 Å². The lowest BCUT2D eigenvalue weighted by molar-refractivity contribution is 0.0697. The molecule has 0 saturated carbocycles. The average molecular weight is 242 g/mol. The first kappa shape index (κ1) is 10.6. The number of para-hydroxylation sites is 1. The third-order valence-corrected chi connectivity index (χ3v) is 2.91. The first-order valence-electron chi connectivity index (χ1n) is 5.40. The molecule has 0 spiro atoms. The van der Waals surface area contributed by atoms with Crippen molar-refractivity contribution in [2.24, 2.45) is 7.05 Å². The van der Waals surface area contributed by atoms with Crippen LogP contribution in [0.15, 0.2) is 41.1 Å². The number of aromatic nitrogens is 2. The summed E-state index contributed by atoms with van der Waals surface area (Å²) in [7, 11) is 1.71. The van der Waals surface area contributed by atoms with Crippen molar-refractivity contribution in [3.05, 3.63) is 42.3 Å². The van der Waals surface area contributed by atoms with E-state index in [-0.39, 0.29) is 5.56 Å². The predicted molar refractivity (Wildman–Crippen MR) is 65.4 cm³/mol. The van der Waals surface area contributed by atoms with Crippen molar-refractivity contribution in [2.45, 2.75) is 0 Å². The molecule has 0 aliphatic heterocycles. The summed E-state index contributed by atoms with van der Waals surface area (Å²) in [6, 6.07) is 7.50. The van der Waals surface area contributed by atoms with Crippen LogP contribution in [0.5, 0.6) is 0 Å². The Morgan fingerprint density at radius 1 is 1.39 bits per heavy atom. The third kappa shape index (κ3) is 1.41. The molecule has 1 N–H and O–H groups in total. The highest BCUT2D eigenvalue weighted by Crippen LogP contribution is 2.32. The van der Waals surface area contributed by atoms with Crippen LogP contribution < -0.4 is 0 Å². The first-order chi connectivity index (χ1) is 8.68. The molecule has 2 heterocycles. The predicted octanol–water partition coefficient (Wildman–Crippen LogP) is 2.53. The molecule has 1 aromatic carbocycles. The van der Waals surface area contributed by atoms with Gasteiger partial charge in [-0.05, 0) is 6.07 Å². The van der Waals surface area contributed by atoms with Crippen molar-refractivity contribution in [1.82, 2.24) is 9.78 Å². The first-order valence-corrected chi connectivity index (χ1v) is 5.40. The molecular weight excluding hydrogens is 232 g/mol. The Morgan fingerprint density at radius 2 is 2.17 bits per heavy atom. The zero-order valence-corrected chi connectivity index (χ0v) is 9.62. The second kappa shape index (κ2) is 3.73. The Kier molecular flexibility index (Phi) is 2.19. The minimum Gasteiger partial charge on any atom is -0.478 e. The molecule has 5 nitrogen and oxygen atoms in total. The molecule has 2 aromatic heterocycles. The van der Waals surface area contributed by atoms with Gasteiger partial charge in [0.2, 0.25) is 0 Å². The summed E-state index contributed by atoms with van der Waals surface area (Å²) in [6.45, 7) is 0. The Morgan fingerprint density at radius 3 is 2.94 bits per heavy atom. The highest BCUT2D eigenvalue weighted by molar-refractivity contribution is 6.01. The van der Waals surface area contributed by atoms with Crippen LogP contribution in [-0.4, -0.2) is 20.9 Å². The van der Waals surface area contributed by atoms with Crippen LogP contribution >= 0.6 is 0 Å². The molecule has 18 heavy (non-hydrogen) atoms. The lowest BCUT2D eigenvalue weighted by Crippen LogP contribution is -2.00. The normalized spacial score (nSPS) is 10.9. The largest absolute Gasteiger partial charge is 0.478 e. The number of carbonyl (C=O) groups is 1. The summed E-state index contributed by atoms with van der Waals surface area (Å²) in [5.41, 5.74) is 2.18. The SMILES string of the molecule is Cn1ncc(C(=O)O)c1-c1coc2ccccc12. The van der Waals surface area contributed by atoms with Crippen molar-refractivity contribution < 1.29 is 14.3 Å². The monoisotopic (exact) mass is 242 g/mol. The Balaban J connectivity index is 2.33. The van der Waals surface area contributed by atoms with E-state index >= 15 is 0 Å². The smallest absolute Gasteiger partial charge is 0.339 e. The van der Waals surface area contributed by atoms with Crippen LogP contribution in [0.3, 0.4) is 0 Å². The van der Waals surface area contributed by atoms with Crippen LogP contribution in [0.25, 0.3) is 22.2 Å². The van der Waals surface area contributed by atoms with Gasteiger partial charge in [-0.25, -0.2) is 4.79 Å². The molecule has 0 aliphatic rings. The van der Waals surface area contributed by atoms with Gasteiger partial charge >= 0.3 is 5.97 Å². The number of hydrogen-bond acceptors (Lipinski definition) is 3. The summed E-state index contributed by atoms with van der Waals surface area (Å²) in [6.07, 6.45) is 2.91. The maximum Gasteiger partial charge on any atom is 0.339 e. The minimum atomic E-state index is -0.997. The van der Waals surface area contributed by atoms with Crippen LogP contribution in [-0.2, 0) is 7.05 Å². The van der Waals surface area contributed by atoms with Crippen molar-refractivity contribution in [1.29, 1.82) is 0 Å². The highest BCUT2D eigenvalue weighted by Gasteiger charge is 2.20. The van der Waals surface area contributed by atoms with E-state index in [0.29, 0.717) is 5.69 Å². The van der Waals surface area contributed by atoms with Gasteiger partial charge in [-0.3, -0.25) is 4.68 Å². The van der Waals surface area contributed by atoms with Crippen LogP contribution in [0.2, 0.25) is 0 Å². The summed E-state index contributed by atoms with van der Waals surface area (Å²) in [5, 5.41) is 14.0. The zero-order valence-electron chi connectivity index (χ0n) is 9.62. The minimum absolute atomic E-state index is 0.170. The molecule has 5 heteroatoms. The summed E-state index contributed by atoms with van der Waals surface area (Å²) in [4.78, 5) is 11.2. The van der Waals surface area contributed by atoms with Gasteiger partial charge in [-0.15, -0.1) is 0 Å². The van der Waals surface area contributed by atoms with Crippen LogP contribution in [0.4, 0.5) is 0 Å². The molecule has 3 aromatic rings. The number of benzene rings is 1. The Hall–Kier alpha value is -2.56. The van der Waals surface area contributed by atoms with E-state index in [1.807, 2.05) is 24.3 Å². The molecule has 0 saturated heterocycles. The quantitative estimate of drug-likeness (QED) is 0.749. The fourth-order valence-electron chi connectivity index (χ4n) is 2.07. The van der Waals surface area contributed by atoms with E-state index in [9.17, 15) is 4.79 Å². The molecule has 0 radical (unpaired) electrons. The second-order valence-electron chi connectivity index (χ2n) is 3.98. The van der Waals surface area contributed by atoms with E-state index in [1.54, 1.807) is 18.0 Å². The number of aryl methyl sites for hydroxylation is 1. The average Bonchev–Trinajstić information content (AvgIpc) is 2.92. The van der Waals surface area contributed by atoms with Crippen LogP contribution in [0, 0.1) is 0 Å². The van der Waals surface area contributed by atoms with Gasteiger partial charge in [0.25, 0.3) is 0 Å². The number of carboxylic acids is 1. The topological polar surface area (TPSA) is 68.3 Å². The third-order valence-electron chi connectivity index (χ3n) is 2.91. The maximum atomic E-state index is 11.2. The highest BCUT2D eigenvalue weighted by atomic mass is 16.4. The second-order valence-corrected chi connectivity index (χ2v) is 3.98. The Labute approximate surface area is 102 Å². The molecular formula is C13H10N2O3. The standard InChI is InChI=1S/C13H10N2O3/c1-15-12(9(6-14-15)13(16)17)10-7-18-11-5-3-2-4-8(10)11/h2-7H,1H3,(H,16,17). The van der Waals surface area contributed by atoms with Gasteiger partial charge in [0.15, 0.2) is 0 Å². The molecule has 3 rings (SSSR count). The molecule has 0 atom stereocenters. The molecule has 0 amide bonds. The lowest BCUT2D eigenvalue weighted by Gasteiger charge is -2.01. The molecule has 0 bridgehead atoms. The molecule has 0 aliphatic carbocycles. The number of hydrogen-bond donors (Lipinski definition) is 1. The van der Waals surface area contributed by atoms with Gasteiger partial charge in [0.05, 0.1) is 11.9 Å². The van der Waals surface area contributed by atoms with Crippen LogP contribution in [0.1, 0.15) is 10.4 Å². The fourth-order valence-corrected chi connectivity index (χ4v) is 2.07. The molecule has 0 fully saturated rings. The number of nitrogens with zero attached hydrogens (tertiary/aromatic N) is 2. The number of furan rings is 1. The fraction of sp³-hybridized carbons (Fsp3) is 0.0769.